The lowest BCUT2D eigenvalue weighted by molar-refractivity contribution is -0.125. The summed E-state index contributed by atoms with van der Waals surface area (Å²) in [6.45, 7) is 13.4. The Balaban J connectivity index is 3.39. The SMILES string of the molecule is CC(C)(C)C1=C(C(C)(C)C)N(PP)C(=O)CN1. The van der Waals surface area contributed by atoms with Crippen molar-refractivity contribution >= 4 is 23.3 Å². The van der Waals surface area contributed by atoms with E-state index in [-0.39, 0.29) is 16.7 Å². The maximum absolute atomic E-state index is 12.0. The van der Waals surface area contributed by atoms with Crippen molar-refractivity contribution in [1.82, 2.24) is 9.99 Å². The Morgan fingerprint density at radius 3 is 2.06 bits per heavy atom. The number of hydrogen-bond acceptors (Lipinski definition) is 2. The maximum Gasteiger partial charge on any atom is 0.249 e. The van der Waals surface area contributed by atoms with Crippen LogP contribution in [0.4, 0.5) is 0 Å². The summed E-state index contributed by atoms with van der Waals surface area (Å²) < 4.78 is 1.92. The first-order chi connectivity index (χ1) is 7.59. The number of carbonyl (C=O) groups is 1. The summed E-state index contributed by atoms with van der Waals surface area (Å²) in [5, 5.41) is 3.31. The number of allylic oxidation sites excluding steroid dienone is 2. The predicted octanol–water partition coefficient (Wildman–Crippen LogP) is 3.11. The fraction of sp³-hybridized carbons (Fsp3) is 0.750. The van der Waals surface area contributed by atoms with Crippen molar-refractivity contribution in [3.8, 4) is 0 Å². The highest BCUT2D eigenvalue weighted by Gasteiger charge is 2.37. The molecule has 5 heteroatoms. The van der Waals surface area contributed by atoms with Crippen molar-refractivity contribution in [2.24, 2.45) is 10.8 Å². The van der Waals surface area contributed by atoms with Gasteiger partial charge < -0.3 is 5.32 Å². The molecule has 3 nitrogen and oxygen atoms in total. The van der Waals surface area contributed by atoms with Gasteiger partial charge in [0.1, 0.15) is 0 Å². The summed E-state index contributed by atoms with van der Waals surface area (Å²) >= 11 is 0. The van der Waals surface area contributed by atoms with Crippen LogP contribution in [0.1, 0.15) is 41.5 Å². The Labute approximate surface area is 109 Å². The highest BCUT2D eigenvalue weighted by molar-refractivity contribution is 8.01. The first-order valence-corrected chi connectivity index (χ1v) is 8.63. The number of amides is 1. The minimum Gasteiger partial charge on any atom is -0.378 e. The Morgan fingerprint density at radius 2 is 1.71 bits per heavy atom. The van der Waals surface area contributed by atoms with E-state index in [4.69, 9.17) is 0 Å². The molecule has 0 aromatic heterocycles. The fourth-order valence-corrected chi connectivity index (χ4v) is 3.65. The summed E-state index contributed by atoms with van der Waals surface area (Å²) in [4.78, 5) is 12.0. The Hall–Kier alpha value is -0.130. The van der Waals surface area contributed by atoms with Crippen LogP contribution in [-0.4, -0.2) is 17.1 Å². The first-order valence-electron chi connectivity index (χ1n) is 5.87. The number of hydrogen-bond donors (Lipinski definition) is 1. The maximum atomic E-state index is 12.0. The smallest absolute Gasteiger partial charge is 0.249 e. The number of carbonyl (C=O) groups excluding carboxylic acids is 1. The van der Waals surface area contributed by atoms with Crippen LogP contribution in [0.25, 0.3) is 0 Å². The average Bonchev–Trinajstić information content (AvgIpc) is 2.13. The van der Waals surface area contributed by atoms with Gasteiger partial charge in [-0.2, -0.15) is 0 Å². The van der Waals surface area contributed by atoms with Crippen molar-refractivity contribution < 1.29 is 4.79 Å². The molecule has 2 atom stereocenters. The third-order valence-electron chi connectivity index (χ3n) is 2.72. The van der Waals surface area contributed by atoms with Gasteiger partial charge in [0.2, 0.25) is 5.91 Å². The Morgan fingerprint density at radius 1 is 1.18 bits per heavy atom. The standard InChI is InChI=1S/C12H24N2OP2/c1-11(2,3)9-10(12(4,5)6)14(17-16)8(15)7-13-9/h13,17H,7,16H2,1-6H3. The molecule has 1 aliphatic heterocycles. The van der Waals surface area contributed by atoms with E-state index in [0.717, 1.165) is 5.70 Å². The Bertz CT molecular complexity index is 350. The molecule has 0 spiro atoms. The molecule has 1 rings (SSSR count). The van der Waals surface area contributed by atoms with Crippen LogP contribution in [0, 0.1) is 10.8 Å². The van der Waals surface area contributed by atoms with Crippen molar-refractivity contribution in [2.75, 3.05) is 6.54 Å². The van der Waals surface area contributed by atoms with Crippen LogP contribution in [0.15, 0.2) is 11.4 Å². The van der Waals surface area contributed by atoms with E-state index in [0.29, 0.717) is 15.0 Å². The van der Waals surface area contributed by atoms with E-state index in [2.05, 4.69) is 55.8 Å². The van der Waals surface area contributed by atoms with E-state index in [1.54, 1.807) is 0 Å². The minimum atomic E-state index is -0.0325. The molecule has 0 aliphatic carbocycles. The van der Waals surface area contributed by atoms with Crippen molar-refractivity contribution in [3.05, 3.63) is 11.4 Å². The molecule has 0 fully saturated rings. The van der Waals surface area contributed by atoms with Gasteiger partial charge in [0, 0.05) is 30.6 Å². The van der Waals surface area contributed by atoms with E-state index >= 15 is 0 Å². The van der Waals surface area contributed by atoms with Gasteiger partial charge in [0.25, 0.3) is 0 Å². The highest BCUT2D eigenvalue weighted by Crippen LogP contribution is 2.45. The van der Waals surface area contributed by atoms with Gasteiger partial charge in [-0.3, -0.25) is 9.46 Å². The molecule has 0 aromatic rings. The van der Waals surface area contributed by atoms with Gasteiger partial charge >= 0.3 is 0 Å². The molecule has 0 bridgehead atoms. The molecular formula is C12H24N2OP2. The van der Waals surface area contributed by atoms with Crippen LogP contribution in [0.3, 0.4) is 0 Å². The van der Waals surface area contributed by atoms with Gasteiger partial charge in [-0.15, -0.1) is 0 Å². The lowest BCUT2D eigenvalue weighted by atomic mass is 9.81. The molecular weight excluding hydrogens is 250 g/mol. The Kier molecular flexibility index (Phi) is 4.27. The topological polar surface area (TPSA) is 32.3 Å². The van der Waals surface area contributed by atoms with Crippen LogP contribution in [0.5, 0.6) is 0 Å². The highest BCUT2D eigenvalue weighted by atomic mass is 32.0. The zero-order valence-corrected chi connectivity index (χ0v) is 13.8. The second-order valence-electron chi connectivity index (χ2n) is 6.44. The van der Waals surface area contributed by atoms with Crippen LogP contribution >= 0.6 is 17.3 Å². The molecule has 2 unspecified atom stereocenters. The second-order valence-corrected chi connectivity index (χ2v) is 7.92. The zero-order chi connectivity index (χ0) is 13.4. The molecule has 1 aliphatic rings. The summed E-state index contributed by atoms with van der Waals surface area (Å²) in [6.07, 6.45) is 0. The number of rotatable bonds is 1. The predicted molar refractivity (Wildman–Crippen MR) is 78.8 cm³/mol. The third kappa shape index (κ3) is 3.20. The molecule has 17 heavy (non-hydrogen) atoms. The largest absolute Gasteiger partial charge is 0.378 e. The zero-order valence-electron chi connectivity index (χ0n) is 11.6. The van der Waals surface area contributed by atoms with Gasteiger partial charge in [-0.1, -0.05) is 50.5 Å². The van der Waals surface area contributed by atoms with Crippen molar-refractivity contribution in [2.45, 2.75) is 41.5 Å². The third-order valence-corrected chi connectivity index (χ3v) is 4.22. The minimum absolute atomic E-state index is 0.0325. The van der Waals surface area contributed by atoms with Gasteiger partial charge in [-0.05, 0) is 0 Å². The van der Waals surface area contributed by atoms with Gasteiger partial charge in [0.05, 0.1) is 6.54 Å². The molecule has 0 saturated carbocycles. The molecule has 1 amide bonds. The van der Waals surface area contributed by atoms with Crippen molar-refractivity contribution in [3.63, 3.8) is 0 Å². The molecule has 0 aromatic carbocycles. The molecule has 1 heterocycles. The molecule has 0 radical (unpaired) electrons. The lowest BCUT2D eigenvalue weighted by Crippen LogP contribution is -2.46. The first kappa shape index (κ1) is 14.9. The summed E-state index contributed by atoms with van der Waals surface area (Å²) in [5.41, 5.74) is 2.33. The van der Waals surface area contributed by atoms with Gasteiger partial charge in [-0.25, -0.2) is 0 Å². The van der Waals surface area contributed by atoms with E-state index in [1.165, 1.54) is 5.70 Å². The normalized spacial score (nSPS) is 19.2. The monoisotopic (exact) mass is 274 g/mol. The summed E-state index contributed by atoms with van der Waals surface area (Å²) in [6, 6.07) is 0. The molecule has 0 saturated heterocycles. The second kappa shape index (κ2) is 4.86. The van der Waals surface area contributed by atoms with Crippen molar-refractivity contribution in [1.29, 1.82) is 0 Å². The van der Waals surface area contributed by atoms with Crippen LogP contribution in [-0.2, 0) is 4.79 Å². The summed E-state index contributed by atoms with van der Waals surface area (Å²) in [7, 11) is 3.09. The molecule has 1 N–H and O–H groups in total. The van der Waals surface area contributed by atoms with Crippen LogP contribution < -0.4 is 5.32 Å². The number of nitrogens with one attached hydrogen (secondary N) is 1. The van der Waals surface area contributed by atoms with E-state index in [1.807, 2.05) is 4.67 Å². The van der Waals surface area contributed by atoms with E-state index in [9.17, 15) is 4.79 Å². The quantitative estimate of drug-likeness (QED) is 0.745. The van der Waals surface area contributed by atoms with E-state index < -0.39 is 0 Å². The molecule has 98 valence electrons. The summed E-state index contributed by atoms with van der Waals surface area (Å²) in [5.74, 6) is 0.163. The van der Waals surface area contributed by atoms with Crippen LogP contribution in [0.2, 0.25) is 0 Å². The van der Waals surface area contributed by atoms with Gasteiger partial charge in [0.15, 0.2) is 0 Å². The average molecular weight is 274 g/mol. The lowest BCUT2D eigenvalue weighted by Gasteiger charge is -2.42. The number of nitrogens with zero attached hydrogens (tertiary/aromatic N) is 1. The fourth-order valence-electron chi connectivity index (χ4n) is 2.03.